The number of amidine groups is 1. The monoisotopic (exact) mass is 429 g/mol. The maximum Gasteiger partial charge on any atom is 0.286 e. The van der Waals surface area contributed by atoms with Crippen LogP contribution in [0.2, 0.25) is 0 Å². The third kappa shape index (κ3) is 4.81. The zero-order valence-electron chi connectivity index (χ0n) is 17.7. The molecule has 2 aromatic carbocycles. The standard InChI is InChI=1S/C22H27N3O4S/c1-15(2)14-25-16(3)24-30(27,28)21-13-18(7-10-20(21)25)22(26)23-12-11-17-5-8-19(29-4)9-6-17/h5-10,13,15H,11-12,14H2,1-4H3,(H,23,26). The van der Waals surface area contributed by atoms with Gasteiger partial charge in [0.1, 0.15) is 16.5 Å². The van der Waals surface area contributed by atoms with E-state index in [2.05, 4.69) is 23.6 Å². The van der Waals surface area contributed by atoms with Crippen molar-refractivity contribution >= 4 is 27.5 Å². The van der Waals surface area contributed by atoms with Crippen LogP contribution in [0.15, 0.2) is 51.8 Å². The molecule has 0 spiro atoms. The summed E-state index contributed by atoms with van der Waals surface area (Å²) in [6, 6.07) is 12.4. The molecule has 0 radical (unpaired) electrons. The first-order chi connectivity index (χ1) is 14.2. The Kier molecular flexibility index (Phi) is 6.45. The van der Waals surface area contributed by atoms with Gasteiger partial charge in [-0.1, -0.05) is 26.0 Å². The van der Waals surface area contributed by atoms with Gasteiger partial charge >= 0.3 is 0 Å². The Hall–Kier alpha value is -2.87. The zero-order chi connectivity index (χ0) is 21.9. The highest BCUT2D eigenvalue weighted by Gasteiger charge is 2.30. The van der Waals surface area contributed by atoms with Gasteiger partial charge in [0.25, 0.3) is 15.9 Å². The van der Waals surface area contributed by atoms with Gasteiger partial charge in [-0.25, -0.2) is 0 Å². The number of nitrogens with one attached hydrogen (secondary N) is 1. The minimum atomic E-state index is -3.83. The van der Waals surface area contributed by atoms with Crippen molar-refractivity contribution in [2.24, 2.45) is 10.3 Å². The van der Waals surface area contributed by atoms with Crippen molar-refractivity contribution in [2.45, 2.75) is 32.1 Å². The lowest BCUT2D eigenvalue weighted by Crippen LogP contribution is -2.37. The van der Waals surface area contributed by atoms with Gasteiger partial charge < -0.3 is 15.0 Å². The molecule has 0 saturated heterocycles. The highest BCUT2D eigenvalue weighted by Crippen LogP contribution is 2.33. The van der Waals surface area contributed by atoms with Gasteiger partial charge in [-0.15, -0.1) is 4.40 Å². The van der Waals surface area contributed by atoms with Crippen LogP contribution in [0.5, 0.6) is 5.75 Å². The number of methoxy groups -OCH3 is 1. The SMILES string of the molecule is COc1ccc(CCNC(=O)c2ccc3c(c2)S(=O)(=O)N=C(C)N3CC(C)C)cc1. The largest absolute Gasteiger partial charge is 0.497 e. The number of sulfonamides is 1. The van der Waals surface area contributed by atoms with E-state index in [4.69, 9.17) is 4.74 Å². The van der Waals surface area contributed by atoms with E-state index in [9.17, 15) is 13.2 Å². The summed E-state index contributed by atoms with van der Waals surface area (Å²) < 4.78 is 34.2. The average Bonchev–Trinajstić information content (AvgIpc) is 2.70. The molecule has 1 aliphatic rings. The molecule has 0 bridgehead atoms. The van der Waals surface area contributed by atoms with Crippen molar-refractivity contribution in [3.05, 3.63) is 53.6 Å². The Morgan fingerprint density at radius 1 is 1.17 bits per heavy atom. The fourth-order valence-corrected chi connectivity index (χ4v) is 4.61. The van der Waals surface area contributed by atoms with E-state index in [1.54, 1.807) is 26.2 Å². The number of ether oxygens (including phenoxy) is 1. The smallest absolute Gasteiger partial charge is 0.286 e. The van der Waals surface area contributed by atoms with Crippen LogP contribution in [0.4, 0.5) is 5.69 Å². The fourth-order valence-electron chi connectivity index (χ4n) is 3.34. The first kappa shape index (κ1) is 21.8. The maximum atomic E-state index is 12.6. The predicted molar refractivity (Wildman–Crippen MR) is 118 cm³/mol. The number of carbonyl (C=O) groups excluding carboxylic acids is 1. The molecule has 3 rings (SSSR count). The fraction of sp³-hybridized carbons (Fsp3) is 0.364. The lowest BCUT2D eigenvalue weighted by Gasteiger charge is -2.30. The summed E-state index contributed by atoms with van der Waals surface area (Å²) >= 11 is 0. The van der Waals surface area contributed by atoms with Crippen molar-refractivity contribution < 1.29 is 17.9 Å². The van der Waals surface area contributed by atoms with E-state index >= 15 is 0 Å². The van der Waals surface area contributed by atoms with Crippen LogP contribution in [-0.2, 0) is 16.4 Å². The number of benzene rings is 2. The maximum absolute atomic E-state index is 12.6. The molecule has 0 fully saturated rings. The minimum Gasteiger partial charge on any atom is -0.497 e. The Labute approximate surface area is 177 Å². The van der Waals surface area contributed by atoms with Crippen LogP contribution < -0.4 is 15.0 Å². The third-order valence-corrected chi connectivity index (χ3v) is 6.23. The van der Waals surface area contributed by atoms with E-state index in [0.29, 0.717) is 42.5 Å². The molecule has 1 aliphatic heterocycles. The second-order valence-corrected chi connectivity index (χ2v) is 9.23. The number of rotatable bonds is 7. The lowest BCUT2D eigenvalue weighted by atomic mass is 10.1. The van der Waals surface area contributed by atoms with Gasteiger partial charge in [-0.2, -0.15) is 8.42 Å². The van der Waals surface area contributed by atoms with Crippen molar-refractivity contribution in [1.82, 2.24) is 5.32 Å². The molecule has 1 N–H and O–H groups in total. The van der Waals surface area contributed by atoms with Crippen LogP contribution in [0, 0.1) is 5.92 Å². The molecule has 7 nitrogen and oxygen atoms in total. The first-order valence-corrected chi connectivity index (χ1v) is 11.3. The van der Waals surface area contributed by atoms with Crippen LogP contribution in [0.1, 0.15) is 36.7 Å². The number of fused-ring (bicyclic) bond motifs is 1. The van der Waals surface area contributed by atoms with Crippen LogP contribution in [0.25, 0.3) is 0 Å². The number of anilines is 1. The molecule has 1 heterocycles. The van der Waals surface area contributed by atoms with Crippen molar-refractivity contribution in [3.8, 4) is 5.75 Å². The topological polar surface area (TPSA) is 88.1 Å². The van der Waals surface area contributed by atoms with Crippen LogP contribution in [0.3, 0.4) is 0 Å². The summed E-state index contributed by atoms with van der Waals surface area (Å²) in [5.74, 6) is 1.23. The Balaban J connectivity index is 1.74. The van der Waals surface area contributed by atoms with Gasteiger partial charge in [0.15, 0.2) is 0 Å². The molecule has 0 saturated carbocycles. The van der Waals surface area contributed by atoms with Crippen LogP contribution in [-0.4, -0.2) is 40.4 Å². The molecule has 1 amide bonds. The van der Waals surface area contributed by atoms with E-state index in [1.165, 1.54) is 6.07 Å². The summed E-state index contributed by atoms with van der Waals surface area (Å²) in [5, 5.41) is 2.85. The van der Waals surface area contributed by atoms with Crippen molar-refractivity contribution in [1.29, 1.82) is 0 Å². The average molecular weight is 430 g/mol. The van der Waals surface area contributed by atoms with Crippen LogP contribution >= 0.6 is 0 Å². The molecule has 0 atom stereocenters. The summed E-state index contributed by atoms with van der Waals surface area (Å²) in [6.07, 6.45) is 0.657. The quantitative estimate of drug-likeness (QED) is 0.730. The lowest BCUT2D eigenvalue weighted by molar-refractivity contribution is 0.0954. The van der Waals surface area contributed by atoms with E-state index < -0.39 is 10.0 Å². The number of hydrogen-bond donors (Lipinski definition) is 1. The van der Waals surface area contributed by atoms with E-state index in [-0.39, 0.29) is 10.8 Å². The summed E-state index contributed by atoms with van der Waals surface area (Å²) in [7, 11) is -2.22. The van der Waals surface area contributed by atoms with Gasteiger partial charge in [0, 0.05) is 18.7 Å². The summed E-state index contributed by atoms with van der Waals surface area (Å²) in [4.78, 5) is 14.5. The number of nitrogens with zero attached hydrogens (tertiary/aromatic N) is 2. The normalized spacial score (nSPS) is 14.8. The summed E-state index contributed by atoms with van der Waals surface area (Å²) in [6.45, 7) is 6.88. The molecule has 2 aromatic rings. The Bertz CT molecular complexity index is 1060. The number of carbonyl (C=O) groups is 1. The molecule has 0 aromatic heterocycles. The number of amides is 1. The van der Waals surface area contributed by atoms with E-state index in [0.717, 1.165) is 11.3 Å². The molecule has 0 aliphatic carbocycles. The summed E-state index contributed by atoms with van der Waals surface area (Å²) in [5.41, 5.74) is 1.93. The minimum absolute atomic E-state index is 0.0663. The Morgan fingerprint density at radius 3 is 2.50 bits per heavy atom. The molecule has 0 unspecified atom stereocenters. The van der Waals surface area contributed by atoms with Crippen molar-refractivity contribution in [3.63, 3.8) is 0 Å². The molecule has 30 heavy (non-hydrogen) atoms. The highest BCUT2D eigenvalue weighted by atomic mass is 32.2. The second kappa shape index (κ2) is 8.87. The molecular formula is C22H27N3O4S. The second-order valence-electron chi connectivity index (χ2n) is 7.65. The molecule has 8 heteroatoms. The third-order valence-electron chi connectivity index (χ3n) is 4.84. The highest BCUT2D eigenvalue weighted by molar-refractivity contribution is 7.90. The predicted octanol–water partition coefficient (Wildman–Crippen LogP) is 3.25. The molecule has 160 valence electrons. The van der Waals surface area contributed by atoms with Gasteiger partial charge in [-0.05, 0) is 55.2 Å². The first-order valence-electron chi connectivity index (χ1n) is 9.85. The Morgan fingerprint density at radius 2 is 1.87 bits per heavy atom. The van der Waals surface area contributed by atoms with Crippen molar-refractivity contribution in [2.75, 3.05) is 25.1 Å². The zero-order valence-corrected chi connectivity index (χ0v) is 18.5. The van der Waals surface area contributed by atoms with Gasteiger partial charge in [-0.3, -0.25) is 4.79 Å². The van der Waals surface area contributed by atoms with Gasteiger partial charge in [0.2, 0.25) is 0 Å². The van der Waals surface area contributed by atoms with Gasteiger partial charge in [0.05, 0.1) is 12.8 Å². The number of hydrogen-bond acceptors (Lipinski definition) is 5. The van der Waals surface area contributed by atoms with E-state index in [1.807, 2.05) is 29.2 Å². The molecular weight excluding hydrogens is 402 g/mol.